The van der Waals surface area contributed by atoms with E-state index in [-0.39, 0.29) is 18.0 Å². The van der Waals surface area contributed by atoms with E-state index in [4.69, 9.17) is 0 Å². The summed E-state index contributed by atoms with van der Waals surface area (Å²) in [5, 5.41) is 3.78. The zero-order valence-corrected chi connectivity index (χ0v) is 18.5. The van der Waals surface area contributed by atoms with E-state index in [1.54, 1.807) is 0 Å². The summed E-state index contributed by atoms with van der Waals surface area (Å²) in [6, 6.07) is 20.8. The minimum Gasteiger partial charge on any atom is -0.378 e. The van der Waals surface area contributed by atoms with Crippen LogP contribution in [0.2, 0.25) is 0 Å². The second-order valence-electron chi connectivity index (χ2n) is 8.66. The van der Waals surface area contributed by atoms with E-state index >= 15 is 0 Å². The van der Waals surface area contributed by atoms with Crippen molar-refractivity contribution in [3.8, 4) is 0 Å². The molecule has 154 valence electrons. The molecule has 0 aromatic heterocycles. The van der Waals surface area contributed by atoms with Crippen molar-refractivity contribution in [3.05, 3.63) is 94.0 Å². The largest absolute Gasteiger partial charge is 0.378 e. The van der Waals surface area contributed by atoms with Crippen LogP contribution in [0.1, 0.15) is 57.6 Å². The van der Waals surface area contributed by atoms with Crippen LogP contribution in [0, 0.1) is 27.7 Å². The van der Waals surface area contributed by atoms with Gasteiger partial charge in [0.25, 0.3) is 5.91 Å². The lowest BCUT2D eigenvalue weighted by Gasteiger charge is -2.41. The van der Waals surface area contributed by atoms with Crippen LogP contribution in [-0.4, -0.2) is 11.9 Å². The van der Waals surface area contributed by atoms with E-state index in [9.17, 15) is 4.79 Å². The summed E-state index contributed by atoms with van der Waals surface area (Å²) in [5.74, 6) is 0.0706. The lowest BCUT2D eigenvalue weighted by Crippen LogP contribution is -2.45. The monoisotopic (exact) mass is 398 g/mol. The van der Waals surface area contributed by atoms with Gasteiger partial charge in [-0.3, -0.25) is 4.79 Å². The van der Waals surface area contributed by atoms with Gasteiger partial charge in [0.15, 0.2) is 0 Å². The summed E-state index contributed by atoms with van der Waals surface area (Å²) >= 11 is 0. The SMILES string of the molecule is Cc1ccc(NC2CC(C)N(C(=O)c3ccccc3)c3c(C)cc(C)cc32)c(C)c1. The number of carbonyl (C=O) groups is 1. The van der Waals surface area contributed by atoms with E-state index in [0.717, 1.165) is 28.9 Å². The Morgan fingerprint density at radius 1 is 0.900 bits per heavy atom. The van der Waals surface area contributed by atoms with Gasteiger partial charge in [-0.25, -0.2) is 0 Å². The lowest BCUT2D eigenvalue weighted by molar-refractivity contribution is 0.0974. The van der Waals surface area contributed by atoms with Crippen LogP contribution < -0.4 is 10.2 Å². The molecule has 0 aliphatic carbocycles. The van der Waals surface area contributed by atoms with Gasteiger partial charge < -0.3 is 10.2 Å². The van der Waals surface area contributed by atoms with Gasteiger partial charge in [0.1, 0.15) is 0 Å². The van der Waals surface area contributed by atoms with Crippen molar-refractivity contribution in [3.63, 3.8) is 0 Å². The average Bonchev–Trinajstić information content (AvgIpc) is 2.71. The predicted octanol–water partition coefficient (Wildman–Crippen LogP) is 6.51. The molecule has 3 heteroatoms. The van der Waals surface area contributed by atoms with Gasteiger partial charge in [-0.1, -0.05) is 53.6 Å². The van der Waals surface area contributed by atoms with Gasteiger partial charge in [-0.15, -0.1) is 0 Å². The molecule has 0 saturated heterocycles. The molecule has 30 heavy (non-hydrogen) atoms. The first-order valence-electron chi connectivity index (χ1n) is 10.7. The molecule has 2 unspecified atom stereocenters. The fourth-order valence-electron chi connectivity index (χ4n) is 4.70. The molecule has 0 bridgehead atoms. The molecular weight excluding hydrogens is 368 g/mol. The molecule has 1 N–H and O–H groups in total. The predicted molar refractivity (Wildman–Crippen MR) is 126 cm³/mol. The summed E-state index contributed by atoms with van der Waals surface area (Å²) in [4.78, 5) is 15.5. The maximum absolute atomic E-state index is 13.5. The Hall–Kier alpha value is -3.07. The zero-order chi connectivity index (χ0) is 21.4. The molecular formula is C27H30N2O. The number of anilines is 2. The third-order valence-corrected chi connectivity index (χ3v) is 6.06. The first-order chi connectivity index (χ1) is 14.3. The Morgan fingerprint density at radius 3 is 2.30 bits per heavy atom. The van der Waals surface area contributed by atoms with E-state index in [1.165, 1.54) is 22.3 Å². The Bertz CT molecular complexity index is 1090. The van der Waals surface area contributed by atoms with Crippen LogP contribution in [0.5, 0.6) is 0 Å². The van der Waals surface area contributed by atoms with Gasteiger partial charge in [0.05, 0.1) is 11.7 Å². The van der Waals surface area contributed by atoms with Gasteiger partial charge >= 0.3 is 0 Å². The summed E-state index contributed by atoms with van der Waals surface area (Å²) in [6.07, 6.45) is 0.863. The number of nitrogens with one attached hydrogen (secondary N) is 1. The molecule has 4 rings (SSSR count). The summed E-state index contributed by atoms with van der Waals surface area (Å²) < 4.78 is 0. The fraction of sp³-hybridized carbons (Fsp3) is 0.296. The molecule has 0 fully saturated rings. The molecule has 3 aromatic rings. The molecule has 1 aliphatic heterocycles. The molecule has 0 spiro atoms. The molecule has 1 aliphatic rings. The molecule has 0 radical (unpaired) electrons. The third-order valence-electron chi connectivity index (χ3n) is 6.06. The van der Waals surface area contributed by atoms with Crippen LogP contribution >= 0.6 is 0 Å². The van der Waals surface area contributed by atoms with Crippen LogP contribution in [0.3, 0.4) is 0 Å². The minimum absolute atomic E-state index is 0.0706. The average molecular weight is 399 g/mol. The minimum atomic E-state index is 0.0706. The highest BCUT2D eigenvalue weighted by atomic mass is 16.2. The second kappa shape index (κ2) is 7.98. The highest BCUT2D eigenvalue weighted by molar-refractivity contribution is 6.07. The highest BCUT2D eigenvalue weighted by Gasteiger charge is 2.35. The number of carbonyl (C=O) groups excluding carboxylic acids is 1. The summed E-state index contributed by atoms with van der Waals surface area (Å²) in [7, 11) is 0. The van der Waals surface area contributed by atoms with Crippen molar-refractivity contribution in [2.75, 3.05) is 10.2 Å². The van der Waals surface area contributed by atoms with Crippen molar-refractivity contribution < 1.29 is 4.79 Å². The van der Waals surface area contributed by atoms with E-state index in [1.807, 2.05) is 35.2 Å². The van der Waals surface area contributed by atoms with Gasteiger partial charge in [0.2, 0.25) is 0 Å². The summed E-state index contributed by atoms with van der Waals surface area (Å²) in [5.41, 5.74) is 9.03. The first-order valence-corrected chi connectivity index (χ1v) is 10.7. The fourth-order valence-corrected chi connectivity index (χ4v) is 4.70. The molecule has 3 aromatic carbocycles. The lowest BCUT2D eigenvalue weighted by atomic mass is 9.87. The van der Waals surface area contributed by atoms with Crippen molar-refractivity contribution in [1.82, 2.24) is 0 Å². The van der Waals surface area contributed by atoms with Crippen molar-refractivity contribution in [1.29, 1.82) is 0 Å². The quantitative estimate of drug-likeness (QED) is 0.545. The van der Waals surface area contributed by atoms with Crippen LogP contribution in [0.15, 0.2) is 60.7 Å². The van der Waals surface area contributed by atoms with Crippen molar-refractivity contribution in [2.24, 2.45) is 0 Å². The topological polar surface area (TPSA) is 32.3 Å². The van der Waals surface area contributed by atoms with Crippen molar-refractivity contribution >= 4 is 17.3 Å². The number of benzene rings is 3. The maximum Gasteiger partial charge on any atom is 0.258 e. The Balaban J connectivity index is 1.78. The number of hydrogen-bond acceptors (Lipinski definition) is 2. The highest BCUT2D eigenvalue weighted by Crippen LogP contribution is 2.42. The third kappa shape index (κ3) is 3.72. The molecule has 1 amide bonds. The normalized spacial score (nSPS) is 18.1. The maximum atomic E-state index is 13.5. The number of amides is 1. The van der Waals surface area contributed by atoms with Gasteiger partial charge in [-0.05, 0) is 75.9 Å². The smallest absolute Gasteiger partial charge is 0.258 e. The number of fused-ring (bicyclic) bond motifs is 1. The Kier molecular flexibility index (Phi) is 5.38. The van der Waals surface area contributed by atoms with E-state index in [0.29, 0.717) is 0 Å². The summed E-state index contributed by atoms with van der Waals surface area (Å²) in [6.45, 7) is 10.7. The van der Waals surface area contributed by atoms with Gasteiger partial charge in [-0.2, -0.15) is 0 Å². The molecule has 1 heterocycles. The van der Waals surface area contributed by atoms with Crippen LogP contribution in [0.25, 0.3) is 0 Å². The van der Waals surface area contributed by atoms with E-state index < -0.39 is 0 Å². The number of hydrogen-bond donors (Lipinski definition) is 1. The molecule has 3 nitrogen and oxygen atoms in total. The van der Waals surface area contributed by atoms with Gasteiger partial charge in [0, 0.05) is 17.3 Å². The molecule has 0 saturated carbocycles. The number of aryl methyl sites for hydroxylation is 4. The van der Waals surface area contributed by atoms with E-state index in [2.05, 4.69) is 70.3 Å². The number of rotatable bonds is 3. The second-order valence-corrected chi connectivity index (χ2v) is 8.66. The zero-order valence-electron chi connectivity index (χ0n) is 18.5. The first kappa shape index (κ1) is 20.2. The van der Waals surface area contributed by atoms with Crippen molar-refractivity contribution in [2.45, 2.75) is 53.1 Å². The molecule has 2 atom stereocenters. The Morgan fingerprint density at radius 2 is 1.60 bits per heavy atom. The number of nitrogens with zero attached hydrogens (tertiary/aromatic N) is 1. The van der Waals surface area contributed by atoms with Crippen LogP contribution in [0.4, 0.5) is 11.4 Å². The Labute approximate surface area is 179 Å². The standard InChI is InChI=1S/C27H30N2O/c1-17-11-12-24(19(3)13-17)28-25-16-21(5)29(27(30)22-9-7-6-8-10-22)26-20(4)14-18(2)15-23(25)26/h6-15,21,25,28H,16H2,1-5H3. The van der Waals surface area contributed by atoms with Crippen LogP contribution in [-0.2, 0) is 0 Å².